The Bertz CT molecular complexity index is 430. The number of carbonyl (C=O) groups is 1. The molecule has 0 bridgehead atoms. The summed E-state index contributed by atoms with van der Waals surface area (Å²) in [5.74, 6) is -6.76. The number of hydrogen-bond acceptors (Lipinski definition) is 2. The molecule has 0 heterocycles. The lowest BCUT2D eigenvalue weighted by atomic mass is 9.94. The third-order valence-electron chi connectivity index (χ3n) is 2.63. The third-order valence-corrected chi connectivity index (χ3v) is 2.63. The molecule has 0 aliphatic heterocycles. The van der Waals surface area contributed by atoms with Crippen LogP contribution in [0.25, 0.3) is 0 Å². The number of aliphatic hydroxyl groups excluding tert-OH is 1. The van der Waals surface area contributed by atoms with Gasteiger partial charge in [0, 0.05) is 5.92 Å². The predicted molar refractivity (Wildman–Crippen MR) is 56.5 cm³/mol. The van der Waals surface area contributed by atoms with Gasteiger partial charge in [0.25, 0.3) is 5.92 Å². The van der Waals surface area contributed by atoms with E-state index in [1.54, 1.807) is 0 Å². The third kappa shape index (κ3) is 2.49. The molecule has 1 N–H and O–H groups in total. The van der Waals surface area contributed by atoms with Gasteiger partial charge in [0.15, 0.2) is 5.78 Å². The van der Waals surface area contributed by atoms with Crippen LogP contribution in [0.3, 0.4) is 0 Å². The maximum atomic E-state index is 13.7. The van der Waals surface area contributed by atoms with Crippen LogP contribution in [0.1, 0.15) is 29.8 Å². The van der Waals surface area contributed by atoms with Gasteiger partial charge >= 0.3 is 0 Å². The Morgan fingerprint density at radius 1 is 1.47 bits per heavy atom. The van der Waals surface area contributed by atoms with Crippen molar-refractivity contribution in [1.29, 1.82) is 0 Å². The first-order chi connectivity index (χ1) is 7.82. The number of hydrogen-bond donors (Lipinski definition) is 1. The van der Waals surface area contributed by atoms with Crippen LogP contribution in [0.15, 0.2) is 18.2 Å². The monoisotopic (exact) mass is 246 g/mol. The van der Waals surface area contributed by atoms with E-state index in [0.29, 0.717) is 0 Å². The normalized spacial score (nSPS) is 13.5. The number of rotatable bonds is 4. The molecule has 2 nitrogen and oxygen atoms in total. The molecule has 0 aliphatic carbocycles. The summed E-state index contributed by atoms with van der Waals surface area (Å²) in [6, 6.07) is 3.28. The molecule has 0 radical (unpaired) electrons. The molecule has 0 fully saturated rings. The van der Waals surface area contributed by atoms with Crippen molar-refractivity contribution in [3.05, 3.63) is 35.1 Å². The molecule has 0 amide bonds. The van der Waals surface area contributed by atoms with Crippen LogP contribution >= 0.6 is 0 Å². The molecular formula is C12H13F3O2. The summed E-state index contributed by atoms with van der Waals surface area (Å²) in [5, 5.41) is 8.73. The summed E-state index contributed by atoms with van der Waals surface area (Å²) in [4.78, 5) is 11.1. The Morgan fingerprint density at radius 3 is 2.53 bits per heavy atom. The highest BCUT2D eigenvalue weighted by Crippen LogP contribution is 2.37. The van der Waals surface area contributed by atoms with Crippen molar-refractivity contribution in [2.24, 2.45) is 5.92 Å². The van der Waals surface area contributed by atoms with Crippen molar-refractivity contribution in [2.45, 2.75) is 19.8 Å². The van der Waals surface area contributed by atoms with Crippen LogP contribution in [-0.2, 0) is 5.92 Å². The quantitative estimate of drug-likeness (QED) is 0.829. The molecule has 1 atom stereocenters. The smallest absolute Gasteiger partial charge is 0.280 e. The zero-order valence-electron chi connectivity index (χ0n) is 9.51. The number of halogens is 3. The predicted octanol–water partition coefficient (Wildman–Crippen LogP) is 2.75. The van der Waals surface area contributed by atoms with Gasteiger partial charge in [0.05, 0.1) is 17.7 Å². The van der Waals surface area contributed by atoms with Gasteiger partial charge in [0.1, 0.15) is 5.82 Å². The van der Waals surface area contributed by atoms with Gasteiger partial charge in [-0.2, -0.15) is 0 Å². The van der Waals surface area contributed by atoms with E-state index in [2.05, 4.69) is 0 Å². The van der Waals surface area contributed by atoms with Crippen LogP contribution in [0, 0.1) is 11.7 Å². The van der Waals surface area contributed by atoms with Gasteiger partial charge in [-0.3, -0.25) is 4.79 Å². The molecule has 94 valence electrons. The molecule has 0 aliphatic rings. The Hall–Kier alpha value is -1.36. The second kappa shape index (κ2) is 4.87. The van der Waals surface area contributed by atoms with E-state index in [4.69, 9.17) is 5.11 Å². The SMILES string of the molecule is CC(=O)c1cccc(C(F)(F)C(C)CO)c1F. The molecular weight excluding hydrogens is 233 g/mol. The first kappa shape index (κ1) is 13.7. The van der Waals surface area contributed by atoms with E-state index in [0.717, 1.165) is 26.0 Å². The van der Waals surface area contributed by atoms with Crippen molar-refractivity contribution in [3.63, 3.8) is 0 Å². The Balaban J connectivity index is 3.32. The summed E-state index contributed by atoms with van der Waals surface area (Å²) in [7, 11) is 0. The Kier molecular flexibility index (Phi) is 3.93. The number of benzene rings is 1. The summed E-state index contributed by atoms with van der Waals surface area (Å²) in [6.45, 7) is 1.45. The lowest BCUT2D eigenvalue weighted by molar-refractivity contribution is -0.0778. The highest BCUT2D eigenvalue weighted by molar-refractivity contribution is 5.94. The first-order valence-electron chi connectivity index (χ1n) is 5.11. The van der Waals surface area contributed by atoms with Gasteiger partial charge < -0.3 is 5.11 Å². The molecule has 1 aromatic rings. The standard InChI is InChI=1S/C12H13F3O2/c1-7(6-16)12(14,15)10-5-3-4-9(8(2)17)11(10)13/h3-5,7,16H,6H2,1-2H3. The largest absolute Gasteiger partial charge is 0.396 e. The molecule has 0 aromatic heterocycles. The minimum absolute atomic E-state index is 0.368. The van der Waals surface area contributed by atoms with Gasteiger partial charge in [0.2, 0.25) is 0 Å². The van der Waals surface area contributed by atoms with E-state index in [1.165, 1.54) is 6.07 Å². The topological polar surface area (TPSA) is 37.3 Å². The molecule has 0 saturated carbocycles. The number of carbonyl (C=O) groups excluding carboxylic acids is 1. The molecule has 1 rings (SSSR count). The minimum atomic E-state index is -3.51. The van der Waals surface area contributed by atoms with Crippen LogP contribution in [0.2, 0.25) is 0 Å². The number of aliphatic hydroxyl groups is 1. The van der Waals surface area contributed by atoms with Gasteiger partial charge in [-0.25, -0.2) is 13.2 Å². The van der Waals surface area contributed by atoms with Crippen molar-refractivity contribution in [2.75, 3.05) is 6.61 Å². The highest BCUT2D eigenvalue weighted by atomic mass is 19.3. The number of Topliss-reactive ketones (excluding diaryl/α,β-unsaturated/α-hetero) is 1. The maximum absolute atomic E-state index is 13.7. The number of alkyl halides is 2. The zero-order valence-corrected chi connectivity index (χ0v) is 9.51. The lowest BCUT2D eigenvalue weighted by Crippen LogP contribution is -2.28. The van der Waals surface area contributed by atoms with Crippen LogP contribution in [0.4, 0.5) is 13.2 Å². The van der Waals surface area contributed by atoms with Crippen LogP contribution < -0.4 is 0 Å². The van der Waals surface area contributed by atoms with E-state index < -0.39 is 35.6 Å². The first-order valence-corrected chi connectivity index (χ1v) is 5.11. The second-order valence-corrected chi connectivity index (χ2v) is 3.93. The van der Waals surface area contributed by atoms with E-state index in [1.807, 2.05) is 0 Å². The second-order valence-electron chi connectivity index (χ2n) is 3.93. The van der Waals surface area contributed by atoms with Gasteiger partial charge in [-0.05, 0) is 13.0 Å². The lowest BCUT2D eigenvalue weighted by Gasteiger charge is -2.23. The summed E-state index contributed by atoms with van der Waals surface area (Å²) in [6.07, 6.45) is 0. The van der Waals surface area contributed by atoms with Crippen molar-refractivity contribution < 1.29 is 23.1 Å². The van der Waals surface area contributed by atoms with Crippen LogP contribution in [0.5, 0.6) is 0 Å². The Labute approximate surface area is 97.1 Å². The molecule has 0 spiro atoms. The minimum Gasteiger partial charge on any atom is -0.396 e. The van der Waals surface area contributed by atoms with Crippen molar-refractivity contribution in [3.8, 4) is 0 Å². The molecule has 17 heavy (non-hydrogen) atoms. The van der Waals surface area contributed by atoms with Gasteiger partial charge in [-0.1, -0.05) is 19.1 Å². The summed E-state index contributed by atoms with van der Waals surface area (Å²) >= 11 is 0. The van der Waals surface area contributed by atoms with Gasteiger partial charge in [-0.15, -0.1) is 0 Å². The average molecular weight is 246 g/mol. The summed E-state index contributed by atoms with van der Waals surface area (Å²) < 4.78 is 41.2. The van der Waals surface area contributed by atoms with E-state index in [9.17, 15) is 18.0 Å². The zero-order chi connectivity index (χ0) is 13.2. The fraction of sp³-hybridized carbons (Fsp3) is 0.417. The highest BCUT2D eigenvalue weighted by Gasteiger charge is 2.41. The Morgan fingerprint density at radius 2 is 2.06 bits per heavy atom. The maximum Gasteiger partial charge on any atom is 0.280 e. The summed E-state index contributed by atoms with van der Waals surface area (Å²) in [5.41, 5.74) is -1.22. The van der Waals surface area contributed by atoms with Crippen molar-refractivity contribution in [1.82, 2.24) is 0 Å². The molecule has 1 aromatic carbocycles. The average Bonchev–Trinajstić information content (AvgIpc) is 2.27. The van der Waals surface area contributed by atoms with E-state index >= 15 is 0 Å². The van der Waals surface area contributed by atoms with Crippen molar-refractivity contribution >= 4 is 5.78 Å². The van der Waals surface area contributed by atoms with Crippen LogP contribution in [-0.4, -0.2) is 17.5 Å². The molecule has 1 unspecified atom stereocenters. The fourth-order valence-electron chi connectivity index (χ4n) is 1.44. The fourth-order valence-corrected chi connectivity index (χ4v) is 1.44. The van der Waals surface area contributed by atoms with E-state index in [-0.39, 0.29) is 5.56 Å². The molecule has 0 saturated heterocycles. The molecule has 5 heteroatoms. The number of ketones is 1.